The van der Waals surface area contributed by atoms with Crippen LogP contribution in [0.5, 0.6) is 0 Å². The van der Waals surface area contributed by atoms with Crippen LogP contribution in [-0.4, -0.2) is 62.4 Å². The van der Waals surface area contributed by atoms with Crippen LogP contribution in [0.3, 0.4) is 0 Å². The highest BCUT2D eigenvalue weighted by molar-refractivity contribution is 5.79. The van der Waals surface area contributed by atoms with E-state index in [1.54, 1.807) is 4.90 Å². The Labute approximate surface area is 115 Å². The second-order valence-electron chi connectivity index (χ2n) is 5.85. The summed E-state index contributed by atoms with van der Waals surface area (Å²) in [6.45, 7) is 9.23. The normalized spacial score (nSPS) is 39.3. The lowest BCUT2D eigenvalue weighted by Crippen LogP contribution is -2.48. The smallest absolute Gasteiger partial charge is 0.228 e. The molecule has 0 bridgehead atoms. The van der Waals surface area contributed by atoms with Crippen LogP contribution in [0.4, 0.5) is 0 Å². The molecule has 1 N–H and O–H groups in total. The molecule has 2 aliphatic heterocycles. The molecule has 19 heavy (non-hydrogen) atoms. The molecule has 2 saturated heterocycles. The van der Waals surface area contributed by atoms with Gasteiger partial charge in [0, 0.05) is 26.7 Å². The second kappa shape index (κ2) is 6.20. The molecular formula is C14H26N2O3. The van der Waals surface area contributed by atoms with Crippen molar-refractivity contribution in [3.63, 3.8) is 0 Å². The lowest BCUT2D eigenvalue weighted by atomic mass is 9.88. The highest BCUT2D eigenvalue weighted by Crippen LogP contribution is 2.33. The van der Waals surface area contributed by atoms with Crippen molar-refractivity contribution in [1.29, 1.82) is 0 Å². The quantitative estimate of drug-likeness (QED) is 0.811. The summed E-state index contributed by atoms with van der Waals surface area (Å²) >= 11 is 0. The van der Waals surface area contributed by atoms with E-state index in [4.69, 9.17) is 9.47 Å². The summed E-state index contributed by atoms with van der Waals surface area (Å²) in [5, 5.41) is 3.29. The minimum Gasteiger partial charge on any atom is -0.374 e. The summed E-state index contributed by atoms with van der Waals surface area (Å²) in [7, 11) is 1.86. The molecule has 5 nitrogen and oxygen atoms in total. The van der Waals surface area contributed by atoms with Crippen LogP contribution in [0, 0.1) is 11.8 Å². The minimum atomic E-state index is -0.0310. The molecule has 0 aromatic carbocycles. The Morgan fingerprint density at radius 2 is 2.05 bits per heavy atom. The number of hydrogen-bond acceptors (Lipinski definition) is 4. The highest BCUT2D eigenvalue weighted by atomic mass is 16.5. The number of hydrogen-bond donors (Lipinski definition) is 1. The monoisotopic (exact) mass is 270 g/mol. The third-order valence-corrected chi connectivity index (χ3v) is 4.39. The van der Waals surface area contributed by atoms with Crippen LogP contribution in [-0.2, 0) is 14.3 Å². The lowest BCUT2D eigenvalue weighted by Gasteiger charge is -2.30. The summed E-state index contributed by atoms with van der Waals surface area (Å²) in [6.07, 6.45) is 0.267. The predicted octanol–water partition coefficient (Wildman–Crippen LogP) is 0.493. The van der Waals surface area contributed by atoms with Gasteiger partial charge in [0.1, 0.15) is 0 Å². The molecule has 1 amide bonds. The van der Waals surface area contributed by atoms with Gasteiger partial charge in [0.2, 0.25) is 5.91 Å². The number of amides is 1. The molecule has 0 aromatic rings. The zero-order valence-electron chi connectivity index (χ0n) is 12.4. The number of rotatable bonds is 3. The van der Waals surface area contributed by atoms with Gasteiger partial charge in [-0.1, -0.05) is 6.92 Å². The molecule has 5 unspecified atom stereocenters. The summed E-state index contributed by atoms with van der Waals surface area (Å²) in [5.74, 6) is 0.422. The molecule has 5 heteroatoms. The van der Waals surface area contributed by atoms with Gasteiger partial charge >= 0.3 is 0 Å². The zero-order valence-corrected chi connectivity index (χ0v) is 12.4. The van der Waals surface area contributed by atoms with Crippen molar-refractivity contribution < 1.29 is 14.3 Å². The molecule has 2 aliphatic rings. The number of nitrogens with one attached hydrogen (secondary N) is 1. The molecule has 0 aliphatic carbocycles. The first kappa shape index (κ1) is 14.8. The summed E-state index contributed by atoms with van der Waals surface area (Å²) < 4.78 is 11.4. The van der Waals surface area contributed by atoms with Crippen molar-refractivity contribution in [3.8, 4) is 0 Å². The third-order valence-electron chi connectivity index (χ3n) is 4.39. The Bertz CT molecular complexity index is 318. The van der Waals surface area contributed by atoms with Crippen molar-refractivity contribution in [2.24, 2.45) is 11.8 Å². The molecule has 0 spiro atoms. The zero-order chi connectivity index (χ0) is 14.0. The van der Waals surface area contributed by atoms with Gasteiger partial charge in [-0.3, -0.25) is 4.79 Å². The average Bonchev–Trinajstić information content (AvgIpc) is 2.63. The molecule has 2 heterocycles. The van der Waals surface area contributed by atoms with Gasteiger partial charge in [0.05, 0.1) is 30.8 Å². The first-order valence-corrected chi connectivity index (χ1v) is 7.23. The number of nitrogens with zero attached hydrogens (tertiary/aromatic N) is 1. The first-order valence-electron chi connectivity index (χ1n) is 7.23. The fourth-order valence-electron chi connectivity index (χ4n) is 3.08. The van der Waals surface area contributed by atoms with Crippen molar-refractivity contribution in [2.75, 3.05) is 33.3 Å². The fraction of sp³-hybridized carbons (Fsp3) is 0.929. The van der Waals surface area contributed by atoms with E-state index in [1.165, 1.54) is 0 Å². The van der Waals surface area contributed by atoms with Gasteiger partial charge in [-0.2, -0.15) is 0 Å². The van der Waals surface area contributed by atoms with E-state index < -0.39 is 0 Å². The molecule has 0 saturated carbocycles. The summed E-state index contributed by atoms with van der Waals surface area (Å²) in [4.78, 5) is 14.4. The van der Waals surface area contributed by atoms with Gasteiger partial charge in [-0.15, -0.1) is 0 Å². The van der Waals surface area contributed by atoms with Gasteiger partial charge in [0.15, 0.2) is 0 Å². The van der Waals surface area contributed by atoms with E-state index in [2.05, 4.69) is 12.2 Å². The van der Waals surface area contributed by atoms with E-state index in [-0.39, 0.29) is 36.1 Å². The van der Waals surface area contributed by atoms with E-state index >= 15 is 0 Å². The van der Waals surface area contributed by atoms with Crippen molar-refractivity contribution in [1.82, 2.24) is 10.2 Å². The van der Waals surface area contributed by atoms with E-state index in [0.29, 0.717) is 6.54 Å². The lowest BCUT2D eigenvalue weighted by molar-refractivity contribution is -0.138. The Hall–Kier alpha value is -0.650. The van der Waals surface area contributed by atoms with Crippen LogP contribution in [0.15, 0.2) is 0 Å². The van der Waals surface area contributed by atoms with E-state index in [0.717, 1.165) is 19.7 Å². The van der Waals surface area contributed by atoms with Crippen LogP contribution in [0.1, 0.15) is 20.8 Å². The maximum absolute atomic E-state index is 12.6. The Morgan fingerprint density at radius 3 is 2.58 bits per heavy atom. The maximum Gasteiger partial charge on any atom is 0.228 e. The van der Waals surface area contributed by atoms with Gasteiger partial charge in [0.25, 0.3) is 0 Å². The Kier molecular flexibility index (Phi) is 4.81. The third kappa shape index (κ3) is 3.27. The molecular weight excluding hydrogens is 244 g/mol. The van der Waals surface area contributed by atoms with Crippen molar-refractivity contribution in [2.45, 2.75) is 39.1 Å². The minimum absolute atomic E-state index is 0.00495. The first-order chi connectivity index (χ1) is 9.00. The molecule has 0 aromatic heterocycles. The van der Waals surface area contributed by atoms with Crippen molar-refractivity contribution in [3.05, 3.63) is 0 Å². The SMILES string of the molecule is CC1OC(C)C(C(=O)N(C)CC2CNCCO2)C1C. The topological polar surface area (TPSA) is 50.8 Å². The molecule has 2 rings (SSSR count). The van der Waals surface area contributed by atoms with Crippen LogP contribution < -0.4 is 5.32 Å². The summed E-state index contributed by atoms with van der Waals surface area (Å²) in [5.41, 5.74) is 0. The highest BCUT2D eigenvalue weighted by Gasteiger charge is 2.42. The van der Waals surface area contributed by atoms with Crippen LogP contribution in [0.25, 0.3) is 0 Å². The Balaban J connectivity index is 1.91. The number of carbonyl (C=O) groups is 1. The van der Waals surface area contributed by atoms with E-state index in [1.807, 2.05) is 20.9 Å². The van der Waals surface area contributed by atoms with Crippen LogP contribution >= 0.6 is 0 Å². The van der Waals surface area contributed by atoms with Crippen LogP contribution in [0.2, 0.25) is 0 Å². The summed E-state index contributed by atoms with van der Waals surface area (Å²) in [6, 6.07) is 0. The fourth-order valence-corrected chi connectivity index (χ4v) is 3.08. The maximum atomic E-state index is 12.6. The number of likely N-dealkylation sites (N-methyl/N-ethyl adjacent to an activating group) is 1. The van der Waals surface area contributed by atoms with E-state index in [9.17, 15) is 4.79 Å². The predicted molar refractivity (Wildman–Crippen MR) is 72.9 cm³/mol. The Morgan fingerprint density at radius 1 is 1.32 bits per heavy atom. The largest absolute Gasteiger partial charge is 0.374 e. The van der Waals surface area contributed by atoms with Gasteiger partial charge < -0.3 is 19.7 Å². The molecule has 110 valence electrons. The average molecular weight is 270 g/mol. The molecule has 5 atom stereocenters. The number of carbonyl (C=O) groups excluding carboxylic acids is 1. The number of morpholine rings is 1. The van der Waals surface area contributed by atoms with Gasteiger partial charge in [-0.25, -0.2) is 0 Å². The number of ether oxygens (including phenoxy) is 2. The van der Waals surface area contributed by atoms with Gasteiger partial charge in [-0.05, 0) is 19.8 Å². The molecule has 2 fully saturated rings. The molecule has 0 radical (unpaired) electrons. The standard InChI is InChI=1S/C14H26N2O3/c1-9-10(2)19-11(3)13(9)14(17)16(4)8-12-7-15-5-6-18-12/h9-13,15H,5-8H2,1-4H3. The van der Waals surface area contributed by atoms with Crippen molar-refractivity contribution >= 4 is 5.91 Å². The second-order valence-corrected chi connectivity index (χ2v) is 5.85.